The third kappa shape index (κ3) is 3.39. The summed E-state index contributed by atoms with van der Waals surface area (Å²) in [7, 11) is -0.541. The molecule has 5 nitrogen and oxygen atoms in total. The Kier molecular flexibility index (Phi) is 3.78. The van der Waals surface area contributed by atoms with Gasteiger partial charge in [-0.05, 0) is 48.7 Å². The van der Waals surface area contributed by atoms with Crippen molar-refractivity contribution in [2.45, 2.75) is 13.3 Å². The Balaban J connectivity index is 1.55. The molecule has 4 rings (SSSR count). The third-order valence-corrected chi connectivity index (χ3v) is 4.93. The maximum absolute atomic E-state index is 12.7. The van der Waals surface area contributed by atoms with E-state index in [1.165, 1.54) is 12.1 Å². The normalized spacial score (nSPS) is 13.0. The standard InChI is InChI=1S/C23H21N3O2/c1-15-24-14-22(26(15)2)17-4-5-18-13-25-20(11-19(18)10-17)12-23(27)16-6-8-21(28-3)9-7-16/h4-11,13-14H,12H2,1-3H3/i3D3. The molecule has 0 saturated heterocycles. The smallest absolute Gasteiger partial charge is 0.168 e. The molecule has 2 aromatic heterocycles. The van der Waals surface area contributed by atoms with Gasteiger partial charge in [0.15, 0.2) is 5.78 Å². The SMILES string of the molecule is [2H]C([2H])([2H])Oc1ccc(C(=O)Cc2cc3cc(-c4cnc(C)n4C)ccc3cn2)cc1. The number of fused-ring (bicyclic) bond motifs is 1. The fraction of sp³-hybridized carbons (Fsp3) is 0.174. The van der Waals surface area contributed by atoms with Gasteiger partial charge in [0.2, 0.25) is 0 Å². The molecule has 0 spiro atoms. The summed E-state index contributed by atoms with van der Waals surface area (Å²) in [5, 5.41) is 1.99. The molecule has 0 saturated carbocycles. The summed E-state index contributed by atoms with van der Waals surface area (Å²) in [5.74, 6) is 1.02. The summed E-state index contributed by atoms with van der Waals surface area (Å²) in [6.45, 7) is 1.96. The first kappa shape index (κ1) is 14.6. The first-order valence-electron chi connectivity index (χ1n) is 10.4. The van der Waals surface area contributed by atoms with Crippen molar-refractivity contribution < 1.29 is 13.6 Å². The molecule has 140 valence electrons. The van der Waals surface area contributed by atoms with Crippen LogP contribution in [0.3, 0.4) is 0 Å². The van der Waals surface area contributed by atoms with Gasteiger partial charge in [0.25, 0.3) is 0 Å². The number of ketones is 1. The molecule has 0 N–H and O–H groups in total. The molecule has 0 fully saturated rings. The lowest BCUT2D eigenvalue weighted by Gasteiger charge is -2.07. The van der Waals surface area contributed by atoms with Crippen molar-refractivity contribution in [2.75, 3.05) is 7.04 Å². The first-order valence-corrected chi connectivity index (χ1v) is 8.89. The van der Waals surface area contributed by atoms with Crippen LogP contribution in [0.1, 0.15) is 26.0 Å². The molecule has 0 amide bonds. The van der Waals surface area contributed by atoms with Gasteiger partial charge in [-0.3, -0.25) is 9.78 Å². The molecule has 0 aliphatic rings. The second-order valence-electron chi connectivity index (χ2n) is 6.71. The molecule has 28 heavy (non-hydrogen) atoms. The summed E-state index contributed by atoms with van der Waals surface area (Å²) in [6, 6.07) is 14.1. The van der Waals surface area contributed by atoms with Crippen molar-refractivity contribution in [3.05, 3.63) is 78.0 Å². The lowest BCUT2D eigenvalue weighted by Crippen LogP contribution is -2.05. The van der Waals surface area contributed by atoms with E-state index in [9.17, 15) is 4.79 Å². The topological polar surface area (TPSA) is 57.0 Å². The number of hydrogen-bond acceptors (Lipinski definition) is 4. The Morgan fingerprint density at radius 3 is 2.61 bits per heavy atom. The third-order valence-electron chi connectivity index (χ3n) is 4.93. The second-order valence-corrected chi connectivity index (χ2v) is 6.71. The van der Waals surface area contributed by atoms with Crippen molar-refractivity contribution in [3.8, 4) is 17.0 Å². The number of carbonyl (C=O) groups is 1. The van der Waals surface area contributed by atoms with E-state index < -0.39 is 7.04 Å². The number of aromatic nitrogens is 3. The van der Waals surface area contributed by atoms with E-state index >= 15 is 0 Å². The van der Waals surface area contributed by atoms with Crippen molar-refractivity contribution in [1.82, 2.24) is 14.5 Å². The summed E-state index contributed by atoms with van der Waals surface area (Å²) in [6.07, 6.45) is 3.76. The van der Waals surface area contributed by atoms with Gasteiger partial charge < -0.3 is 9.30 Å². The number of Topliss-reactive ketones (excluding diaryl/α,β-unsaturated/α-hetero) is 1. The molecule has 0 bridgehead atoms. The van der Waals surface area contributed by atoms with Crippen molar-refractivity contribution in [2.24, 2.45) is 7.05 Å². The Bertz CT molecular complexity index is 1260. The van der Waals surface area contributed by atoms with Gasteiger partial charge in [-0.15, -0.1) is 0 Å². The largest absolute Gasteiger partial charge is 0.497 e. The molecule has 0 radical (unpaired) electrons. The molecule has 0 atom stereocenters. The number of aryl methyl sites for hydroxylation is 1. The monoisotopic (exact) mass is 374 g/mol. The molecule has 0 unspecified atom stereocenters. The molecular formula is C23H21N3O2. The fourth-order valence-corrected chi connectivity index (χ4v) is 3.19. The van der Waals surface area contributed by atoms with Crippen LogP contribution in [0.2, 0.25) is 0 Å². The van der Waals surface area contributed by atoms with E-state index in [0.717, 1.165) is 27.9 Å². The molecule has 0 aliphatic heterocycles. The predicted molar refractivity (Wildman–Crippen MR) is 110 cm³/mol. The highest BCUT2D eigenvalue weighted by atomic mass is 16.5. The van der Waals surface area contributed by atoms with Crippen molar-refractivity contribution in [1.29, 1.82) is 0 Å². The molecule has 2 aromatic carbocycles. The number of rotatable bonds is 5. The van der Waals surface area contributed by atoms with E-state index in [1.54, 1.807) is 18.3 Å². The first-order chi connectivity index (χ1) is 14.7. The van der Waals surface area contributed by atoms with Gasteiger partial charge in [0.05, 0.1) is 29.5 Å². The summed E-state index contributed by atoms with van der Waals surface area (Å²) < 4.78 is 28.3. The molecule has 5 heteroatoms. The average molecular weight is 374 g/mol. The number of ether oxygens (including phenoxy) is 1. The number of nitrogens with zero attached hydrogens (tertiary/aromatic N) is 3. The van der Waals surface area contributed by atoms with Crippen LogP contribution in [0, 0.1) is 6.92 Å². The molecule has 2 heterocycles. The van der Waals surface area contributed by atoms with Gasteiger partial charge in [0.1, 0.15) is 11.6 Å². The lowest BCUT2D eigenvalue weighted by molar-refractivity contribution is 0.0992. The minimum absolute atomic E-state index is 0.106. The average Bonchev–Trinajstić information content (AvgIpc) is 3.05. The van der Waals surface area contributed by atoms with Crippen LogP contribution in [0.4, 0.5) is 0 Å². The number of hydrogen-bond donors (Lipinski definition) is 0. The highest BCUT2D eigenvalue weighted by molar-refractivity contribution is 5.98. The number of carbonyl (C=O) groups excluding carboxylic acids is 1. The molecular weight excluding hydrogens is 350 g/mol. The van der Waals surface area contributed by atoms with Gasteiger partial charge >= 0.3 is 0 Å². The number of imidazole rings is 1. The summed E-state index contributed by atoms with van der Waals surface area (Å²) in [4.78, 5) is 21.5. The van der Waals surface area contributed by atoms with Gasteiger partial charge in [-0.2, -0.15) is 0 Å². The van der Waals surface area contributed by atoms with Gasteiger partial charge in [-0.1, -0.05) is 12.1 Å². The van der Waals surface area contributed by atoms with Crippen LogP contribution in [0.5, 0.6) is 5.75 Å². The predicted octanol–water partition coefficient (Wildman–Crippen LogP) is 4.38. The zero-order chi connectivity index (χ0) is 22.2. The van der Waals surface area contributed by atoms with E-state index in [-0.39, 0.29) is 18.0 Å². The zero-order valence-corrected chi connectivity index (χ0v) is 15.6. The minimum Gasteiger partial charge on any atom is -0.497 e. The number of methoxy groups -OCH3 is 1. The zero-order valence-electron chi connectivity index (χ0n) is 18.6. The minimum atomic E-state index is -2.52. The van der Waals surface area contributed by atoms with Crippen LogP contribution < -0.4 is 4.74 Å². The van der Waals surface area contributed by atoms with Crippen LogP contribution in [0.25, 0.3) is 22.0 Å². The molecule has 0 aliphatic carbocycles. The Morgan fingerprint density at radius 2 is 1.89 bits per heavy atom. The Morgan fingerprint density at radius 1 is 1.07 bits per heavy atom. The van der Waals surface area contributed by atoms with Crippen molar-refractivity contribution >= 4 is 16.6 Å². The highest BCUT2D eigenvalue weighted by Gasteiger charge is 2.11. The maximum Gasteiger partial charge on any atom is 0.168 e. The Labute approximate surface area is 167 Å². The van der Waals surface area contributed by atoms with Crippen molar-refractivity contribution in [3.63, 3.8) is 0 Å². The van der Waals surface area contributed by atoms with E-state index in [4.69, 9.17) is 8.85 Å². The van der Waals surface area contributed by atoms with Crippen LogP contribution in [0.15, 0.2) is 60.9 Å². The fourth-order valence-electron chi connectivity index (χ4n) is 3.19. The maximum atomic E-state index is 12.7. The van der Waals surface area contributed by atoms with Crippen LogP contribution in [-0.4, -0.2) is 27.4 Å². The number of pyridine rings is 1. The molecule has 4 aromatic rings. The quantitative estimate of drug-likeness (QED) is 0.487. The van der Waals surface area contributed by atoms with Gasteiger partial charge in [-0.25, -0.2) is 4.98 Å². The van der Waals surface area contributed by atoms with Crippen LogP contribution in [-0.2, 0) is 13.5 Å². The van der Waals surface area contributed by atoms with Gasteiger partial charge in [0, 0.05) is 35.5 Å². The van der Waals surface area contributed by atoms with E-state index in [0.29, 0.717) is 11.3 Å². The lowest BCUT2D eigenvalue weighted by atomic mass is 10.0. The summed E-state index contributed by atoms with van der Waals surface area (Å²) in [5.41, 5.74) is 3.20. The Hall–Kier alpha value is -3.47. The van der Waals surface area contributed by atoms with Crippen LogP contribution >= 0.6 is 0 Å². The second kappa shape index (κ2) is 7.27. The highest BCUT2D eigenvalue weighted by Crippen LogP contribution is 2.25. The van der Waals surface area contributed by atoms with E-state index in [1.807, 2.05) is 42.9 Å². The van der Waals surface area contributed by atoms with E-state index in [2.05, 4.69) is 16.0 Å². The summed E-state index contributed by atoms with van der Waals surface area (Å²) >= 11 is 0. The number of benzene rings is 2.